The number of nitrogens with zero attached hydrogens (tertiary/aromatic N) is 1. The van der Waals surface area contributed by atoms with Crippen LogP contribution in [0.3, 0.4) is 0 Å². The second-order valence-corrected chi connectivity index (χ2v) is 6.56. The molecule has 0 unspecified atom stereocenters. The average Bonchev–Trinajstić information content (AvgIpc) is 2.36. The highest BCUT2D eigenvalue weighted by molar-refractivity contribution is 7.90. The van der Waals surface area contributed by atoms with Gasteiger partial charge in [-0.25, -0.2) is 0 Å². The van der Waals surface area contributed by atoms with Crippen LogP contribution < -0.4 is 4.72 Å². The van der Waals surface area contributed by atoms with E-state index in [1.807, 2.05) is 0 Å². The standard InChI is InChI=1S/C12H17ClN2O2S/c1-10-11(13)6-5-7-12(10)14-18(16,17)15-8-3-2-4-9-15/h5-7,14H,2-4,8-9H2,1H3. The Morgan fingerprint density at radius 1 is 1.22 bits per heavy atom. The molecule has 0 aliphatic carbocycles. The number of hydrogen-bond donors (Lipinski definition) is 1. The number of benzene rings is 1. The molecule has 1 aliphatic rings. The fourth-order valence-electron chi connectivity index (χ4n) is 2.03. The van der Waals surface area contributed by atoms with Crippen LogP contribution in [0.2, 0.25) is 5.02 Å². The minimum Gasteiger partial charge on any atom is -0.271 e. The summed E-state index contributed by atoms with van der Waals surface area (Å²) in [5.74, 6) is 0. The molecule has 1 aromatic carbocycles. The van der Waals surface area contributed by atoms with Gasteiger partial charge < -0.3 is 0 Å². The predicted molar refractivity (Wildman–Crippen MR) is 74.2 cm³/mol. The number of hydrogen-bond acceptors (Lipinski definition) is 2. The van der Waals surface area contributed by atoms with Crippen molar-refractivity contribution < 1.29 is 8.42 Å². The van der Waals surface area contributed by atoms with E-state index in [4.69, 9.17) is 11.6 Å². The van der Waals surface area contributed by atoms with Gasteiger partial charge in [0, 0.05) is 18.1 Å². The molecule has 1 aliphatic heterocycles. The highest BCUT2D eigenvalue weighted by atomic mass is 35.5. The Balaban J connectivity index is 2.19. The van der Waals surface area contributed by atoms with Gasteiger partial charge >= 0.3 is 10.2 Å². The fraction of sp³-hybridized carbons (Fsp3) is 0.500. The number of nitrogens with one attached hydrogen (secondary N) is 1. The van der Waals surface area contributed by atoms with Crippen molar-refractivity contribution >= 4 is 27.5 Å². The second-order valence-electron chi connectivity index (χ2n) is 4.48. The maximum atomic E-state index is 12.2. The summed E-state index contributed by atoms with van der Waals surface area (Å²) in [6.45, 7) is 2.99. The molecule has 1 aromatic rings. The van der Waals surface area contributed by atoms with Gasteiger partial charge in [-0.1, -0.05) is 24.1 Å². The molecule has 2 rings (SSSR count). The molecule has 1 fully saturated rings. The summed E-state index contributed by atoms with van der Waals surface area (Å²) in [7, 11) is -3.45. The van der Waals surface area contributed by atoms with Gasteiger partial charge in [-0.15, -0.1) is 0 Å². The number of anilines is 1. The van der Waals surface area contributed by atoms with Crippen LogP contribution in [-0.2, 0) is 10.2 Å². The lowest BCUT2D eigenvalue weighted by atomic mass is 10.2. The van der Waals surface area contributed by atoms with Crippen LogP contribution in [0.5, 0.6) is 0 Å². The van der Waals surface area contributed by atoms with Crippen molar-refractivity contribution in [3.8, 4) is 0 Å². The molecule has 0 radical (unpaired) electrons. The summed E-state index contributed by atoms with van der Waals surface area (Å²) in [5.41, 5.74) is 1.30. The molecule has 6 heteroatoms. The Morgan fingerprint density at radius 2 is 1.89 bits per heavy atom. The normalized spacial score (nSPS) is 17.7. The molecule has 0 saturated carbocycles. The van der Waals surface area contributed by atoms with Gasteiger partial charge in [-0.2, -0.15) is 12.7 Å². The van der Waals surface area contributed by atoms with Crippen molar-refractivity contribution in [1.82, 2.24) is 4.31 Å². The lowest BCUT2D eigenvalue weighted by Crippen LogP contribution is -2.39. The minimum atomic E-state index is -3.45. The first-order chi connectivity index (χ1) is 8.50. The van der Waals surface area contributed by atoms with Gasteiger partial charge in [0.2, 0.25) is 0 Å². The van der Waals surface area contributed by atoms with Gasteiger partial charge in [0.1, 0.15) is 0 Å². The molecule has 0 aromatic heterocycles. The first kappa shape index (κ1) is 13.6. The van der Waals surface area contributed by atoms with Crippen molar-refractivity contribution in [2.24, 2.45) is 0 Å². The Labute approximate surface area is 113 Å². The van der Waals surface area contributed by atoms with Crippen molar-refractivity contribution in [1.29, 1.82) is 0 Å². The zero-order valence-electron chi connectivity index (χ0n) is 10.3. The minimum absolute atomic E-state index is 0.549. The summed E-state index contributed by atoms with van der Waals surface area (Å²) in [5, 5.41) is 0.564. The highest BCUT2D eigenvalue weighted by Gasteiger charge is 2.24. The Hall–Kier alpha value is -0.780. The van der Waals surface area contributed by atoms with Crippen LogP contribution in [0.1, 0.15) is 24.8 Å². The zero-order valence-corrected chi connectivity index (χ0v) is 11.9. The average molecular weight is 289 g/mol. The largest absolute Gasteiger partial charge is 0.301 e. The third-order valence-corrected chi connectivity index (χ3v) is 5.09. The molecule has 0 amide bonds. The Morgan fingerprint density at radius 3 is 2.56 bits per heavy atom. The van der Waals surface area contributed by atoms with E-state index in [9.17, 15) is 8.42 Å². The number of rotatable bonds is 3. The maximum absolute atomic E-state index is 12.2. The topological polar surface area (TPSA) is 49.4 Å². The van der Waals surface area contributed by atoms with E-state index < -0.39 is 10.2 Å². The van der Waals surface area contributed by atoms with Crippen molar-refractivity contribution in [2.45, 2.75) is 26.2 Å². The van der Waals surface area contributed by atoms with Gasteiger partial charge in [0.15, 0.2) is 0 Å². The van der Waals surface area contributed by atoms with Crippen LogP contribution in [0.4, 0.5) is 5.69 Å². The lowest BCUT2D eigenvalue weighted by molar-refractivity contribution is 0.349. The second kappa shape index (κ2) is 5.47. The molecule has 1 heterocycles. The van der Waals surface area contributed by atoms with Crippen molar-refractivity contribution in [2.75, 3.05) is 17.8 Å². The molecular formula is C12H17ClN2O2S. The summed E-state index contributed by atoms with van der Waals surface area (Å²) < 4.78 is 28.5. The molecule has 1 N–H and O–H groups in total. The SMILES string of the molecule is Cc1c(Cl)cccc1NS(=O)(=O)N1CCCCC1. The van der Waals surface area contributed by atoms with E-state index >= 15 is 0 Å². The number of halogens is 1. The Bertz CT molecular complexity index is 525. The smallest absolute Gasteiger partial charge is 0.271 e. The first-order valence-corrected chi connectivity index (χ1v) is 7.85. The van der Waals surface area contributed by atoms with Crippen LogP contribution >= 0.6 is 11.6 Å². The molecule has 1 saturated heterocycles. The first-order valence-electron chi connectivity index (χ1n) is 6.04. The highest BCUT2D eigenvalue weighted by Crippen LogP contribution is 2.25. The summed E-state index contributed by atoms with van der Waals surface area (Å²) >= 11 is 5.98. The molecular weight excluding hydrogens is 272 g/mol. The third kappa shape index (κ3) is 2.96. The van der Waals surface area contributed by atoms with Gasteiger partial charge in [0.05, 0.1) is 5.69 Å². The summed E-state index contributed by atoms with van der Waals surface area (Å²) in [6, 6.07) is 5.21. The van der Waals surface area contributed by atoms with Crippen LogP contribution in [0.15, 0.2) is 18.2 Å². The van der Waals surface area contributed by atoms with E-state index in [1.54, 1.807) is 25.1 Å². The van der Waals surface area contributed by atoms with Crippen molar-refractivity contribution in [3.05, 3.63) is 28.8 Å². The lowest BCUT2D eigenvalue weighted by Gasteiger charge is -2.26. The van der Waals surface area contributed by atoms with E-state index in [0.717, 1.165) is 24.8 Å². The Kier molecular flexibility index (Phi) is 4.14. The quantitative estimate of drug-likeness (QED) is 0.930. The van der Waals surface area contributed by atoms with Gasteiger partial charge in [0.25, 0.3) is 0 Å². The molecule has 18 heavy (non-hydrogen) atoms. The van der Waals surface area contributed by atoms with E-state index in [0.29, 0.717) is 23.8 Å². The van der Waals surface area contributed by atoms with Crippen molar-refractivity contribution in [3.63, 3.8) is 0 Å². The van der Waals surface area contributed by atoms with Gasteiger partial charge in [-0.3, -0.25) is 4.72 Å². The van der Waals surface area contributed by atoms with E-state index in [2.05, 4.69) is 4.72 Å². The van der Waals surface area contributed by atoms with Crippen LogP contribution in [0.25, 0.3) is 0 Å². The predicted octanol–water partition coefficient (Wildman–Crippen LogP) is 2.79. The fourth-order valence-corrected chi connectivity index (χ4v) is 3.57. The zero-order chi connectivity index (χ0) is 13.2. The molecule has 0 bridgehead atoms. The van der Waals surface area contributed by atoms with E-state index in [1.165, 1.54) is 4.31 Å². The van der Waals surface area contributed by atoms with Crippen LogP contribution in [-0.4, -0.2) is 25.8 Å². The van der Waals surface area contributed by atoms with Gasteiger partial charge in [-0.05, 0) is 37.5 Å². The maximum Gasteiger partial charge on any atom is 0.301 e. The third-order valence-electron chi connectivity index (χ3n) is 3.16. The molecule has 0 atom stereocenters. The monoisotopic (exact) mass is 288 g/mol. The van der Waals surface area contributed by atoms with E-state index in [-0.39, 0.29) is 0 Å². The van der Waals surface area contributed by atoms with Crippen LogP contribution in [0, 0.1) is 6.92 Å². The summed E-state index contributed by atoms with van der Waals surface area (Å²) in [4.78, 5) is 0. The molecule has 100 valence electrons. The number of piperidine rings is 1. The molecule has 0 spiro atoms. The summed E-state index contributed by atoms with van der Waals surface area (Å²) in [6.07, 6.45) is 2.95. The molecule has 4 nitrogen and oxygen atoms in total.